The summed E-state index contributed by atoms with van der Waals surface area (Å²) < 4.78 is 33.2. The molecule has 0 saturated carbocycles. The highest BCUT2D eigenvalue weighted by molar-refractivity contribution is 7.85. The third kappa shape index (κ3) is 7.03. The van der Waals surface area contributed by atoms with Crippen LogP contribution in [0.1, 0.15) is 87.1 Å². The normalized spacial score (nSPS) is 14.5. The summed E-state index contributed by atoms with van der Waals surface area (Å²) in [5, 5.41) is 0. The van der Waals surface area contributed by atoms with Crippen LogP contribution in [0.4, 0.5) is 0 Å². The summed E-state index contributed by atoms with van der Waals surface area (Å²) in [5.74, 6) is 0. The SMILES string of the molecule is CC(C)(C)CC(C)(C)CC(C)(C)CC(C)(C)c1ccccc1S(=O)(=O)O. The molecule has 0 bridgehead atoms. The Balaban J connectivity index is 3.13. The maximum Gasteiger partial charge on any atom is 0.294 e. The van der Waals surface area contributed by atoms with E-state index in [0.717, 1.165) is 19.3 Å². The van der Waals surface area contributed by atoms with Gasteiger partial charge in [0.1, 0.15) is 0 Å². The average molecular weight is 383 g/mol. The zero-order valence-electron chi connectivity index (χ0n) is 18.1. The number of hydrogen-bond acceptors (Lipinski definition) is 2. The van der Waals surface area contributed by atoms with Gasteiger partial charge in [0.15, 0.2) is 0 Å². The topological polar surface area (TPSA) is 54.4 Å². The van der Waals surface area contributed by atoms with Crippen LogP contribution in [0.3, 0.4) is 0 Å². The highest BCUT2D eigenvalue weighted by Crippen LogP contribution is 2.47. The van der Waals surface area contributed by atoms with E-state index in [1.54, 1.807) is 6.07 Å². The Kier molecular flexibility index (Phi) is 6.48. The summed E-state index contributed by atoms with van der Waals surface area (Å²) in [6.45, 7) is 20.1. The molecular formula is C22H38O3S. The Bertz CT molecular complexity index is 720. The summed E-state index contributed by atoms with van der Waals surface area (Å²) in [7, 11) is -4.23. The fraction of sp³-hybridized carbons (Fsp3) is 0.727. The highest BCUT2D eigenvalue weighted by atomic mass is 32.2. The molecule has 0 atom stereocenters. The lowest BCUT2D eigenvalue weighted by molar-refractivity contribution is 0.111. The zero-order chi connectivity index (χ0) is 20.6. The van der Waals surface area contributed by atoms with Crippen molar-refractivity contribution >= 4 is 10.1 Å². The Morgan fingerprint density at radius 3 is 1.69 bits per heavy atom. The Morgan fingerprint density at radius 1 is 0.769 bits per heavy atom. The first-order valence-corrected chi connectivity index (χ1v) is 10.9. The maximum atomic E-state index is 11.8. The molecule has 1 rings (SSSR count). The van der Waals surface area contributed by atoms with Gasteiger partial charge >= 0.3 is 0 Å². The monoisotopic (exact) mass is 382 g/mol. The van der Waals surface area contributed by atoms with Crippen LogP contribution in [0.15, 0.2) is 29.2 Å². The van der Waals surface area contributed by atoms with Gasteiger partial charge < -0.3 is 0 Å². The van der Waals surface area contributed by atoms with Crippen LogP contribution in [-0.2, 0) is 15.5 Å². The van der Waals surface area contributed by atoms with Crippen LogP contribution in [0.5, 0.6) is 0 Å². The molecule has 1 aromatic rings. The van der Waals surface area contributed by atoms with Crippen molar-refractivity contribution < 1.29 is 13.0 Å². The standard InChI is InChI=1S/C22H38O3S/c1-19(2,3)14-20(4,5)15-21(6,7)16-22(8,9)17-12-10-11-13-18(17)26(23,24)25/h10-13H,14-16H2,1-9H3,(H,23,24,25). The summed E-state index contributed by atoms with van der Waals surface area (Å²) in [6, 6.07) is 6.80. The molecule has 0 amide bonds. The van der Waals surface area contributed by atoms with Crippen LogP contribution in [-0.4, -0.2) is 13.0 Å². The molecular weight excluding hydrogens is 344 g/mol. The van der Waals surface area contributed by atoms with Gasteiger partial charge in [0, 0.05) is 0 Å². The van der Waals surface area contributed by atoms with Gasteiger partial charge in [-0.3, -0.25) is 4.55 Å². The fourth-order valence-corrected chi connectivity index (χ4v) is 6.27. The third-order valence-corrected chi connectivity index (χ3v) is 5.69. The molecule has 0 aliphatic carbocycles. The minimum atomic E-state index is -4.23. The second kappa shape index (κ2) is 7.27. The smallest absolute Gasteiger partial charge is 0.282 e. The Labute approximate surface area is 161 Å². The van der Waals surface area contributed by atoms with Gasteiger partial charge in [-0.2, -0.15) is 8.42 Å². The molecule has 3 nitrogen and oxygen atoms in total. The summed E-state index contributed by atoms with van der Waals surface area (Å²) in [6.07, 6.45) is 3.01. The molecule has 0 aromatic heterocycles. The van der Waals surface area contributed by atoms with Crippen molar-refractivity contribution in [1.82, 2.24) is 0 Å². The van der Waals surface area contributed by atoms with Crippen molar-refractivity contribution in [3.63, 3.8) is 0 Å². The predicted octanol–water partition coefficient (Wildman–Crippen LogP) is 6.48. The second-order valence-electron chi connectivity index (χ2n) is 11.3. The first-order chi connectivity index (χ1) is 11.3. The minimum absolute atomic E-state index is 0.0229. The average Bonchev–Trinajstić information content (AvgIpc) is 2.31. The molecule has 0 aliphatic heterocycles. The molecule has 4 heteroatoms. The molecule has 0 unspecified atom stereocenters. The largest absolute Gasteiger partial charge is 0.294 e. The van der Waals surface area contributed by atoms with Crippen molar-refractivity contribution in [2.75, 3.05) is 0 Å². The van der Waals surface area contributed by atoms with Crippen molar-refractivity contribution in [3.05, 3.63) is 29.8 Å². The molecule has 150 valence electrons. The molecule has 0 heterocycles. The highest BCUT2D eigenvalue weighted by Gasteiger charge is 2.38. The van der Waals surface area contributed by atoms with E-state index in [9.17, 15) is 13.0 Å². The summed E-state index contributed by atoms with van der Waals surface area (Å²) >= 11 is 0. The van der Waals surface area contributed by atoms with Crippen LogP contribution in [0, 0.1) is 16.2 Å². The number of benzene rings is 1. The number of hydrogen-bond donors (Lipinski definition) is 1. The Hall–Kier alpha value is -0.870. The van der Waals surface area contributed by atoms with Crippen molar-refractivity contribution in [2.45, 2.75) is 91.9 Å². The van der Waals surface area contributed by atoms with E-state index in [1.165, 1.54) is 6.07 Å². The maximum absolute atomic E-state index is 11.8. The van der Waals surface area contributed by atoms with Gasteiger partial charge in [-0.05, 0) is 52.6 Å². The van der Waals surface area contributed by atoms with E-state index in [4.69, 9.17) is 0 Å². The lowest BCUT2D eigenvalue weighted by Gasteiger charge is -2.42. The van der Waals surface area contributed by atoms with Crippen LogP contribution >= 0.6 is 0 Å². The molecule has 0 radical (unpaired) electrons. The predicted molar refractivity (Wildman–Crippen MR) is 110 cm³/mol. The molecule has 0 fully saturated rings. The summed E-state index contributed by atoms with van der Waals surface area (Å²) in [4.78, 5) is 0.0229. The van der Waals surface area contributed by atoms with Crippen LogP contribution in [0.25, 0.3) is 0 Å². The van der Waals surface area contributed by atoms with E-state index < -0.39 is 10.1 Å². The van der Waals surface area contributed by atoms with Crippen molar-refractivity contribution in [2.24, 2.45) is 16.2 Å². The van der Waals surface area contributed by atoms with Crippen molar-refractivity contribution in [1.29, 1.82) is 0 Å². The quantitative estimate of drug-likeness (QED) is 0.549. The molecule has 1 N–H and O–H groups in total. The minimum Gasteiger partial charge on any atom is -0.282 e. The van der Waals surface area contributed by atoms with Gasteiger partial charge in [-0.15, -0.1) is 0 Å². The van der Waals surface area contributed by atoms with E-state index >= 15 is 0 Å². The third-order valence-electron chi connectivity index (χ3n) is 4.78. The van der Waals surface area contributed by atoms with E-state index in [0.29, 0.717) is 5.56 Å². The first kappa shape index (κ1) is 23.2. The van der Waals surface area contributed by atoms with Gasteiger partial charge in [0.05, 0.1) is 4.90 Å². The van der Waals surface area contributed by atoms with Crippen LogP contribution < -0.4 is 0 Å². The summed E-state index contributed by atoms with van der Waals surface area (Å²) in [5.41, 5.74) is 0.815. The molecule has 0 saturated heterocycles. The molecule has 0 spiro atoms. The molecule has 0 aliphatic rings. The Morgan fingerprint density at radius 2 is 1.23 bits per heavy atom. The van der Waals surface area contributed by atoms with Crippen LogP contribution in [0.2, 0.25) is 0 Å². The molecule has 1 aromatic carbocycles. The fourth-order valence-electron chi connectivity index (χ4n) is 5.40. The lowest BCUT2D eigenvalue weighted by atomic mass is 9.63. The van der Waals surface area contributed by atoms with Gasteiger partial charge in [-0.25, -0.2) is 0 Å². The zero-order valence-corrected chi connectivity index (χ0v) is 18.9. The van der Waals surface area contributed by atoms with Crippen molar-refractivity contribution in [3.8, 4) is 0 Å². The number of rotatable bonds is 7. The van der Waals surface area contributed by atoms with E-state index in [1.807, 2.05) is 12.1 Å². The van der Waals surface area contributed by atoms with E-state index in [-0.39, 0.29) is 26.6 Å². The van der Waals surface area contributed by atoms with Gasteiger partial charge in [-0.1, -0.05) is 80.5 Å². The second-order valence-corrected chi connectivity index (χ2v) is 12.7. The van der Waals surface area contributed by atoms with Gasteiger partial charge in [0.25, 0.3) is 10.1 Å². The molecule has 26 heavy (non-hydrogen) atoms. The van der Waals surface area contributed by atoms with Gasteiger partial charge in [0.2, 0.25) is 0 Å². The lowest BCUT2D eigenvalue weighted by Crippen LogP contribution is -2.33. The first-order valence-electron chi connectivity index (χ1n) is 9.42. The van der Waals surface area contributed by atoms with E-state index in [2.05, 4.69) is 62.3 Å².